The fourth-order valence-electron chi connectivity index (χ4n) is 2.96. The van der Waals surface area contributed by atoms with Gasteiger partial charge in [0.25, 0.3) is 0 Å². The van der Waals surface area contributed by atoms with Gasteiger partial charge in [-0.1, -0.05) is 38.1 Å². The van der Waals surface area contributed by atoms with E-state index in [0.29, 0.717) is 12.0 Å². The summed E-state index contributed by atoms with van der Waals surface area (Å²) in [5, 5.41) is 0. The van der Waals surface area contributed by atoms with E-state index >= 15 is 0 Å². The Morgan fingerprint density at radius 3 is 2.14 bits per heavy atom. The van der Waals surface area contributed by atoms with Crippen molar-refractivity contribution in [3.63, 3.8) is 0 Å². The highest BCUT2D eigenvalue weighted by molar-refractivity contribution is 5.71. The fourth-order valence-corrected chi connectivity index (χ4v) is 2.96. The highest BCUT2D eigenvalue weighted by Crippen LogP contribution is 2.41. The van der Waals surface area contributed by atoms with Gasteiger partial charge in [-0.25, -0.2) is 4.98 Å². The Bertz CT molecular complexity index is 631. The minimum atomic E-state index is 0.328. The summed E-state index contributed by atoms with van der Waals surface area (Å²) in [6.07, 6.45) is 2.67. The second kappa shape index (κ2) is 5.21. The van der Waals surface area contributed by atoms with E-state index in [0.717, 1.165) is 28.8 Å². The summed E-state index contributed by atoms with van der Waals surface area (Å²) in [5.74, 6) is 3.02. The van der Waals surface area contributed by atoms with Crippen LogP contribution in [0.15, 0.2) is 24.3 Å². The molecule has 3 nitrogen and oxygen atoms in total. The van der Waals surface area contributed by atoms with Crippen molar-refractivity contribution in [2.75, 3.05) is 5.73 Å². The van der Waals surface area contributed by atoms with Crippen LogP contribution in [0.25, 0.3) is 11.3 Å². The monoisotopic (exact) mass is 283 g/mol. The zero-order chi connectivity index (χ0) is 15.1. The predicted octanol–water partition coefficient (Wildman–Crippen LogP) is 4.71. The molecular formula is C18H25N3. The molecule has 1 aliphatic carbocycles. The molecule has 1 aliphatic rings. The molecular weight excluding hydrogens is 258 g/mol. The summed E-state index contributed by atoms with van der Waals surface area (Å²) in [7, 11) is 0. The molecule has 3 rings (SSSR count). The fraction of sp³-hybridized carbons (Fsp3) is 0.500. The molecule has 0 saturated heterocycles. The molecule has 1 aromatic heterocycles. The first-order valence-corrected chi connectivity index (χ1v) is 7.97. The van der Waals surface area contributed by atoms with Crippen molar-refractivity contribution in [1.82, 2.24) is 9.55 Å². The van der Waals surface area contributed by atoms with Gasteiger partial charge in [0.2, 0.25) is 0 Å². The van der Waals surface area contributed by atoms with Gasteiger partial charge in [0.1, 0.15) is 17.3 Å². The SMILES string of the molecule is CC(C)c1nc(-c2ccc(C3CC3)cc2)c(N)n1C(C)C. The zero-order valence-corrected chi connectivity index (χ0v) is 13.4. The lowest BCUT2D eigenvalue weighted by Gasteiger charge is -2.15. The van der Waals surface area contributed by atoms with Crippen LogP contribution >= 0.6 is 0 Å². The molecule has 0 aliphatic heterocycles. The first kappa shape index (κ1) is 14.2. The molecule has 1 saturated carbocycles. The van der Waals surface area contributed by atoms with Crippen molar-refractivity contribution in [2.24, 2.45) is 0 Å². The number of hydrogen-bond donors (Lipinski definition) is 1. The normalized spacial score (nSPS) is 15.1. The average Bonchev–Trinajstić information content (AvgIpc) is 3.22. The lowest BCUT2D eigenvalue weighted by molar-refractivity contribution is 0.556. The standard InChI is InChI=1S/C18H25N3/c1-11(2)18-20-16(17(19)21(18)12(3)4)15-9-7-14(8-10-15)13-5-6-13/h7-13H,5-6,19H2,1-4H3. The Balaban J connectivity index is 2.03. The third-order valence-corrected chi connectivity index (χ3v) is 4.24. The molecule has 1 heterocycles. The molecule has 2 N–H and O–H groups in total. The molecule has 0 atom stereocenters. The Morgan fingerprint density at radius 1 is 1.10 bits per heavy atom. The van der Waals surface area contributed by atoms with Gasteiger partial charge in [-0.15, -0.1) is 0 Å². The maximum Gasteiger partial charge on any atom is 0.131 e. The van der Waals surface area contributed by atoms with Gasteiger partial charge >= 0.3 is 0 Å². The van der Waals surface area contributed by atoms with E-state index < -0.39 is 0 Å². The van der Waals surface area contributed by atoms with Crippen molar-refractivity contribution in [1.29, 1.82) is 0 Å². The van der Waals surface area contributed by atoms with Crippen molar-refractivity contribution >= 4 is 5.82 Å². The van der Waals surface area contributed by atoms with E-state index in [1.807, 2.05) is 0 Å². The van der Waals surface area contributed by atoms with Crippen molar-refractivity contribution in [3.05, 3.63) is 35.7 Å². The summed E-state index contributed by atoms with van der Waals surface area (Å²) in [6, 6.07) is 9.13. The van der Waals surface area contributed by atoms with Crippen LogP contribution in [-0.4, -0.2) is 9.55 Å². The van der Waals surface area contributed by atoms with Crippen LogP contribution in [0, 0.1) is 0 Å². The molecule has 0 unspecified atom stereocenters. The summed E-state index contributed by atoms with van der Waals surface area (Å²) >= 11 is 0. The number of anilines is 1. The third kappa shape index (κ3) is 2.57. The molecule has 2 aromatic rings. The maximum absolute atomic E-state index is 6.39. The smallest absolute Gasteiger partial charge is 0.131 e. The van der Waals surface area contributed by atoms with Gasteiger partial charge < -0.3 is 10.3 Å². The van der Waals surface area contributed by atoms with Crippen LogP contribution in [0.3, 0.4) is 0 Å². The molecule has 0 bridgehead atoms. The van der Waals surface area contributed by atoms with Crippen LogP contribution < -0.4 is 5.73 Å². The van der Waals surface area contributed by atoms with Crippen LogP contribution in [-0.2, 0) is 0 Å². The summed E-state index contributed by atoms with van der Waals surface area (Å²) in [6.45, 7) is 8.65. The van der Waals surface area contributed by atoms with E-state index in [2.05, 4.69) is 56.5 Å². The molecule has 0 radical (unpaired) electrons. The van der Waals surface area contributed by atoms with Crippen molar-refractivity contribution in [3.8, 4) is 11.3 Å². The lowest BCUT2D eigenvalue weighted by Crippen LogP contribution is -2.10. The van der Waals surface area contributed by atoms with Crippen molar-refractivity contribution in [2.45, 2.75) is 58.4 Å². The summed E-state index contributed by atoms with van der Waals surface area (Å²) in [5.41, 5.74) is 9.88. The van der Waals surface area contributed by atoms with Crippen LogP contribution in [0.5, 0.6) is 0 Å². The highest BCUT2D eigenvalue weighted by atomic mass is 15.2. The van der Waals surface area contributed by atoms with Crippen molar-refractivity contribution < 1.29 is 0 Å². The van der Waals surface area contributed by atoms with Gasteiger partial charge in [0, 0.05) is 17.5 Å². The summed E-state index contributed by atoms with van der Waals surface area (Å²) < 4.78 is 2.16. The molecule has 3 heteroatoms. The summed E-state index contributed by atoms with van der Waals surface area (Å²) in [4.78, 5) is 4.83. The lowest BCUT2D eigenvalue weighted by atomic mass is 10.1. The molecule has 112 valence electrons. The van der Waals surface area contributed by atoms with E-state index in [1.54, 1.807) is 0 Å². The van der Waals surface area contributed by atoms with E-state index in [1.165, 1.54) is 18.4 Å². The van der Waals surface area contributed by atoms with Gasteiger partial charge in [-0.3, -0.25) is 0 Å². The topological polar surface area (TPSA) is 43.8 Å². The van der Waals surface area contributed by atoms with E-state index in [-0.39, 0.29) is 0 Å². The minimum Gasteiger partial charge on any atom is -0.383 e. The van der Waals surface area contributed by atoms with Crippen LogP contribution in [0.1, 0.15) is 69.8 Å². The highest BCUT2D eigenvalue weighted by Gasteiger charge is 2.24. The Kier molecular flexibility index (Phi) is 3.52. The number of hydrogen-bond acceptors (Lipinski definition) is 2. The van der Waals surface area contributed by atoms with Gasteiger partial charge in [0.15, 0.2) is 0 Å². The Morgan fingerprint density at radius 2 is 1.71 bits per heavy atom. The molecule has 0 spiro atoms. The number of aromatic nitrogens is 2. The van der Waals surface area contributed by atoms with Gasteiger partial charge in [0.05, 0.1) is 0 Å². The number of nitrogens with two attached hydrogens (primary N) is 1. The first-order valence-electron chi connectivity index (χ1n) is 7.97. The second-order valence-electron chi connectivity index (χ2n) is 6.72. The molecule has 1 aromatic carbocycles. The molecule has 1 fully saturated rings. The molecule has 21 heavy (non-hydrogen) atoms. The maximum atomic E-state index is 6.39. The number of rotatable bonds is 4. The van der Waals surface area contributed by atoms with Crippen LogP contribution in [0.2, 0.25) is 0 Å². The minimum absolute atomic E-state index is 0.328. The number of imidazole rings is 1. The molecule has 0 amide bonds. The number of benzene rings is 1. The van der Waals surface area contributed by atoms with Crippen LogP contribution in [0.4, 0.5) is 5.82 Å². The zero-order valence-electron chi connectivity index (χ0n) is 13.4. The first-order chi connectivity index (χ1) is 9.99. The Hall–Kier alpha value is -1.77. The average molecular weight is 283 g/mol. The predicted molar refractivity (Wildman–Crippen MR) is 88.5 cm³/mol. The van der Waals surface area contributed by atoms with Gasteiger partial charge in [-0.05, 0) is 38.2 Å². The third-order valence-electron chi connectivity index (χ3n) is 4.24. The van der Waals surface area contributed by atoms with E-state index in [9.17, 15) is 0 Å². The Labute approximate surface area is 127 Å². The largest absolute Gasteiger partial charge is 0.383 e. The number of nitrogens with zero attached hydrogens (tertiary/aromatic N) is 2. The van der Waals surface area contributed by atoms with E-state index in [4.69, 9.17) is 10.7 Å². The number of nitrogen functional groups attached to an aromatic ring is 1. The second-order valence-corrected chi connectivity index (χ2v) is 6.72. The quantitative estimate of drug-likeness (QED) is 0.882. The van der Waals surface area contributed by atoms with Gasteiger partial charge in [-0.2, -0.15) is 0 Å².